The van der Waals surface area contributed by atoms with Gasteiger partial charge in [0.15, 0.2) is 17.3 Å². The first kappa shape index (κ1) is 16.8. The molecule has 1 heterocycles. The molecule has 2 aliphatic carbocycles. The van der Waals surface area contributed by atoms with Crippen LogP contribution >= 0.6 is 0 Å². The van der Waals surface area contributed by atoms with Gasteiger partial charge in [0.25, 0.3) is 5.70 Å². The number of rotatable bonds is 4. The van der Waals surface area contributed by atoms with Gasteiger partial charge in [-0.1, -0.05) is 12.1 Å². The quantitative estimate of drug-likeness (QED) is 0.608. The highest BCUT2D eigenvalue weighted by molar-refractivity contribution is 5.92. The lowest BCUT2D eigenvalue weighted by Crippen LogP contribution is -2.49. The zero-order valence-electron chi connectivity index (χ0n) is 14.6. The van der Waals surface area contributed by atoms with Crippen LogP contribution in [0.2, 0.25) is 0 Å². The third-order valence-electron chi connectivity index (χ3n) is 5.41. The second-order valence-corrected chi connectivity index (χ2v) is 6.69. The van der Waals surface area contributed by atoms with E-state index in [1.165, 1.54) is 6.08 Å². The highest BCUT2D eigenvalue weighted by atomic mass is 16.7. The normalized spacial score (nSPS) is 28.5. The Morgan fingerprint density at radius 1 is 1.42 bits per heavy atom. The predicted octanol–water partition coefficient (Wildman–Crippen LogP) is 2.85. The van der Waals surface area contributed by atoms with Crippen LogP contribution in [0.25, 0.3) is 6.08 Å². The van der Waals surface area contributed by atoms with E-state index in [2.05, 4.69) is 0 Å². The van der Waals surface area contributed by atoms with Crippen molar-refractivity contribution in [2.45, 2.75) is 31.5 Å². The summed E-state index contributed by atoms with van der Waals surface area (Å²) < 4.78 is 17.2. The lowest BCUT2D eigenvalue weighted by molar-refractivity contribution is -0.434. The van der Waals surface area contributed by atoms with Gasteiger partial charge in [-0.15, -0.1) is 0 Å². The molecule has 0 saturated carbocycles. The Labute approximate surface area is 150 Å². The van der Waals surface area contributed by atoms with Crippen molar-refractivity contribution >= 4 is 11.9 Å². The minimum atomic E-state index is -0.720. The topological polar surface area (TPSA) is 87.9 Å². The molecule has 26 heavy (non-hydrogen) atoms. The molecule has 0 amide bonds. The highest BCUT2D eigenvalue weighted by Crippen LogP contribution is 2.58. The minimum Gasteiger partial charge on any atom is -0.493 e. The first-order valence-electron chi connectivity index (χ1n) is 8.58. The lowest BCUT2D eigenvalue weighted by Gasteiger charge is -2.47. The minimum absolute atomic E-state index is 0.0588. The Balaban J connectivity index is 2.02. The maximum atomic E-state index is 12.1. The molecule has 3 atom stereocenters. The highest BCUT2D eigenvalue weighted by Gasteiger charge is 2.56. The van der Waals surface area contributed by atoms with Crippen molar-refractivity contribution in [1.29, 1.82) is 0 Å². The van der Waals surface area contributed by atoms with Crippen LogP contribution in [0.4, 0.5) is 0 Å². The van der Waals surface area contributed by atoms with Crippen LogP contribution in [-0.2, 0) is 14.9 Å². The maximum Gasteiger partial charge on any atom is 0.251 e. The third kappa shape index (κ3) is 2.27. The molecule has 1 aromatic carbocycles. The van der Waals surface area contributed by atoms with Gasteiger partial charge in [0.1, 0.15) is 0 Å². The van der Waals surface area contributed by atoms with Crippen LogP contribution in [-0.4, -0.2) is 30.7 Å². The average molecular weight is 357 g/mol. The Bertz CT molecular complexity index is 858. The molecule has 4 rings (SSSR count). The molecule has 0 aromatic heterocycles. The SMILES string of the molecule is CCO[C@H]1C[C@]23C=CC(=O)CC2C([N+](=O)[O-])=Cc2ccc(OC)c(c23)O1. The van der Waals surface area contributed by atoms with Gasteiger partial charge in [0.2, 0.25) is 6.29 Å². The van der Waals surface area contributed by atoms with E-state index >= 15 is 0 Å². The van der Waals surface area contributed by atoms with Crippen molar-refractivity contribution in [2.24, 2.45) is 5.92 Å². The van der Waals surface area contributed by atoms with E-state index in [-0.39, 0.29) is 22.8 Å². The van der Waals surface area contributed by atoms with Gasteiger partial charge < -0.3 is 14.2 Å². The molecular formula is C19H19NO6. The van der Waals surface area contributed by atoms with Crippen LogP contribution in [0, 0.1) is 16.0 Å². The molecule has 1 spiro atoms. The smallest absolute Gasteiger partial charge is 0.251 e. The Hall–Kier alpha value is -2.67. The van der Waals surface area contributed by atoms with Gasteiger partial charge in [0, 0.05) is 36.5 Å². The molecule has 7 heteroatoms. The first-order chi connectivity index (χ1) is 12.5. The Morgan fingerprint density at radius 3 is 2.92 bits per heavy atom. The fraction of sp³-hybridized carbons (Fsp3) is 0.421. The van der Waals surface area contributed by atoms with Gasteiger partial charge in [-0.05, 0) is 24.6 Å². The summed E-state index contributed by atoms with van der Waals surface area (Å²) in [7, 11) is 1.55. The van der Waals surface area contributed by atoms with E-state index in [0.29, 0.717) is 24.5 Å². The van der Waals surface area contributed by atoms with Crippen LogP contribution in [0.3, 0.4) is 0 Å². The Morgan fingerprint density at radius 2 is 2.23 bits per heavy atom. The largest absolute Gasteiger partial charge is 0.493 e. The number of hydrogen-bond acceptors (Lipinski definition) is 6. The molecule has 0 N–H and O–H groups in total. The second kappa shape index (κ2) is 5.95. The number of carbonyl (C=O) groups excluding carboxylic acids is 1. The third-order valence-corrected chi connectivity index (χ3v) is 5.41. The van der Waals surface area contributed by atoms with Gasteiger partial charge in [-0.3, -0.25) is 14.9 Å². The molecule has 1 unspecified atom stereocenters. The molecular weight excluding hydrogens is 338 g/mol. The number of ether oxygens (including phenoxy) is 3. The first-order valence-corrected chi connectivity index (χ1v) is 8.58. The van der Waals surface area contributed by atoms with Crippen LogP contribution in [0.15, 0.2) is 30.0 Å². The zero-order valence-corrected chi connectivity index (χ0v) is 14.6. The van der Waals surface area contributed by atoms with Gasteiger partial charge in [-0.2, -0.15) is 0 Å². The van der Waals surface area contributed by atoms with E-state index in [0.717, 1.165) is 11.1 Å². The lowest BCUT2D eigenvalue weighted by atomic mass is 9.58. The maximum absolute atomic E-state index is 12.1. The monoisotopic (exact) mass is 357 g/mol. The molecule has 1 aromatic rings. The van der Waals surface area contributed by atoms with Crippen molar-refractivity contribution < 1.29 is 23.9 Å². The number of hydrogen-bond donors (Lipinski definition) is 0. The second-order valence-electron chi connectivity index (χ2n) is 6.69. The van der Waals surface area contributed by atoms with Crippen LogP contribution in [0.1, 0.15) is 30.9 Å². The Kier molecular flexibility index (Phi) is 3.84. The van der Waals surface area contributed by atoms with Crippen LogP contribution < -0.4 is 9.47 Å². The number of ketones is 1. The van der Waals surface area contributed by atoms with E-state index in [1.807, 2.05) is 6.92 Å². The molecule has 7 nitrogen and oxygen atoms in total. The van der Waals surface area contributed by atoms with Crippen molar-refractivity contribution in [3.05, 3.63) is 51.2 Å². The summed E-state index contributed by atoms with van der Waals surface area (Å²) in [4.78, 5) is 23.4. The van der Waals surface area contributed by atoms with Gasteiger partial charge >= 0.3 is 0 Å². The number of allylic oxidation sites excluding steroid dienone is 3. The standard InChI is InChI=1S/C19H19NO6/c1-3-25-16-10-19-7-6-12(21)9-13(19)14(20(22)23)8-11-4-5-15(24-2)18(26-16)17(11)19/h4-8,13,16H,3,9-10H2,1-2H3/t13?,16-,19-/m1/s1. The van der Waals surface area contributed by atoms with E-state index in [4.69, 9.17) is 14.2 Å². The molecule has 0 radical (unpaired) electrons. The number of nitrogens with zero attached hydrogens (tertiary/aromatic N) is 1. The van der Waals surface area contributed by atoms with E-state index < -0.39 is 17.6 Å². The number of carbonyl (C=O) groups is 1. The van der Waals surface area contributed by atoms with Crippen LogP contribution in [0.5, 0.6) is 11.5 Å². The molecule has 3 aliphatic rings. The predicted molar refractivity (Wildman–Crippen MR) is 92.6 cm³/mol. The summed E-state index contributed by atoms with van der Waals surface area (Å²) in [5.41, 5.74) is 0.899. The summed E-state index contributed by atoms with van der Waals surface area (Å²) in [6, 6.07) is 3.54. The summed E-state index contributed by atoms with van der Waals surface area (Å²) in [6.45, 7) is 2.31. The number of nitro groups is 1. The fourth-order valence-corrected chi connectivity index (χ4v) is 4.37. The molecule has 0 fully saturated rings. The summed E-state index contributed by atoms with van der Waals surface area (Å²) in [5.74, 6) is 0.424. The molecule has 0 bridgehead atoms. The van der Waals surface area contributed by atoms with Crippen molar-refractivity contribution in [1.82, 2.24) is 0 Å². The van der Waals surface area contributed by atoms with E-state index in [9.17, 15) is 14.9 Å². The summed E-state index contributed by atoms with van der Waals surface area (Å²) in [5, 5.41) is 11.7. The van der Waals surface area contributed by atoms with E-state index in [1.54, 1.807) is 31.4 Å². The van der Waals surface area contributed by atoms with Gasteiger partial charge in [-0.25, -0.2) is 0 Å². The van der Waals surface area contributed by atoms with Crippen molar-refractivity contribution in [2.75, 3.05) is 13.7 Å². The number of benzene rings is 1. The van der Waals surface area contributed by atoms with Crippen molar-refractivity contribution in [3.8, 4) is 11.5 Å². The average Bonchev–Trinajstić information content (AvgIpc) is 2.62. The fourth-order valence-electron chi connectivity index (χ4n) is 4.37. The zero-order chi connectivity index (χ0) is 18.5. The van der Waals surface area contributed by atoms with Gasteiger partial charge in [0.05, 0.1) is 18.0 Å². The molecule has 1 aliphatic heterocycles. The molecule has 136 valence electrons. The van der Waals surface area contributed by atoms with Crippen molar-refractivity contribution in [3.63, 3.8) is 0 Å². The summed E-state index contributed by atoms with van der Waals surface area (Å²) in [6.07, 6.45) is 4.82. The summed E-state index contributed by atoms with van der Waals surface area (Å²) >= 11 is 0. The number of methoxy groups -OCH3 is 1. The molecule has 0 saturated heterocycles.